The van der Waals surface area contributed by atoms with Crippen LogP contribution in [0.1, 0.15) is 18.1 Å². The van der Waals surface area contributed by atoms with Crippen molar-refractivity contribution in [3.05, 3.63) is 93.4 Å². The van der Waals surface area contributed by atoms with Crippen LogP contribution in [0.2, 0.25) is 5.02 Å². The predicted molar refractivity (Wildman–Crippen MR) is 129 cm³/mol. The van der Waals surface area contributed by atoms with E-state index in [1.807, 2.05) is 79.7 Å². The fourth-order valence-electron chi connectivity index (χ4n) is 4.28. The molecule has 4 nitrogen and oxygen atoms in total. The summed E-state index contributed by atoms with van der Waals surface area (Å²) in [7, 11) is 0. The number of thioether (sulfide) groups is 1. The van der Waals surface area contributed by atoms with E-state index in [9.17, 15) is 9.59 Å². The number of hydrogen-bond acceptors (Lipinski definition) is 3. The average molecular weight is 514 g/mol. The van der Waals surface area contributed by atoms with E-state index >= 15 is 0 Å². The van der Waals surface area contributed by atoms with Crippen molar-refractivity contribution in [1.29, 1.82) is 0 Å². The first-order valence-electron chi connectivity index (χ1n) is 9.85. The minimum Gasteiger partial charge on any atom is -0.304 e. The predicted octanol–water partition coefficient (Wildman–Crippen LogP) is 5.97. The van der Waals surface area contributed by atoms with Gasteiger partial charge < -0.3 is 4.90 Å². The minimum absolute atomic E-state index is 0.0698. The fraction of sp³-hybridized carbons (Fsp3) is 0.167. The minimum atomic E-state index is -1.12. The van der Waals surface area contributed by atoms with Gasteiger partial charge in [-0.3, -0.25) is 14.5 Å². The van der Waals surface area contributed by atoms with Gasteiger partial charge in [0.15, 0.2) is 0 Å². The molecule has 0 aromatic heterocycles. The Morgan fingerprint density at radius 3 is 2.52 bits per heavy atom. The van der Waals surface area contributed by atoms with Gasteiger partial charge >= 0.3 is 0 Å². The van der Waals surface area contributed by atoms with E-state index in [1.54, 1.807) is 9.80 Å². The van der Waals surface area contributed by atoms with Crippen LogP contribution in [0.25, 0.3) is 0 Å². The monoisotopic (exact) mass is 512 g/mol. The number of para-hydroxylation sites is 1. The lowest BCUT2D eigenvalue weighted by Crippen LogP contribution is -2.49. The number of anilines is 2. The zero-order valence-corrected chi connectivity index (χ0v) is 19.7. The number of rotatable bonds is 3. The summed E-state index contributed by atoms with van der Waals surface area (Å²) < 4.78 is 0.856. The van der Waals surface area contributed by atoms with Crippen molar-refractivity contribution in [2.24, 2.45) is 0 Å². The van der Waals surface area contributed by atoms with Gasteiger partial charge in [0.05, 0.1) is 17.5 Å². The van der Waals surface area contributed by atoms with Gasteiger partial charge in [-0.25, -0.2) is 0 Å². The van der Waals surface area contributed by atoms with Crippen LogP contribution in [0.4, 0.5) is 11.4 Å². The highest BCUT2D eigenvalue weighted by molar-refractivity contribution is 9.10. The number of benzene rings is 3. The SMILES string of the molecule is C[C@H]1S[C@@]2(C(=O)N(Cc3ccc(Cl)cc3)c3ccccc32)N(c2cccc(Br)c2)C1=O. The van der Waals surface area contributed by atoms with Gasteiger partial charge in [-0.1, -0.05) is 63.9 Å². The molecule has 2 amide bonds. The van der Waals surface area contributed by atoms with Gasteiger partial charge in [0.25, 0.3) is 5.91 Å². The Bertz CT molecular complexity index is 1200. The van der Waals surface area contributed by atoms with E-state index in [2.05, 4.69) is 15.9 Å². The summed E-state index contributed by atoms with van der Waals surface area (Å²) in [6.45, 7) is 2.27. The van der Waals surface area contributed by atoms with Gasteiger partial charge in [0.2, 0.25) is 10.8 Å². The molecule has 5 rings (SSSR count). The number of halogens is 2. The quantitative estimate of drug-likeness (QED) is 0.433. The molecule has 1 fully saturated rings. The molecule has 0 bridgehead atoms. The van der Waals surface area contributed by atoms with Crippen LogP contribution < -0.4 is 9.80 Å². The maximum atomic E-state index is 14.1. The third-order valence-corrected chi connectivity index (χ3v) is 7.86. The van der Waals surface area contributed by atoms with Crippen molar-refractivity contribution >= 4 is 62.5 Å². The van der Waals surface area contributed by atoms with Gasteiger partial charge in [-0.2, -0.15) is 0 Å². The number of hydrogen-bond donors (Lipinski definition) is 0. The van der Waals surface area contributed by atoms with Crippen molar-refractivity contribution in [2.45, 2.75) is 23.6 Å². The third-order valence-electron chi connectivity index (χ3n) is 5.65. The molecule has 2 aliphatic rings. The lowest BCUT2D eigenvalue weighted by Gasteiger charge is -2.33. The molecular weight excluding hydrogens is 496 g/mol. The highest BCUT2D eigenvalue weighted by Crippen LogP contribution is 2.58. The van der Waals surface area contributed by atoms with Gasteiger partial charge in [-0.05, 0) is 48.9 Å². The van der Waals surface area contributed by atoms with Crippen LogP contribution in [0.3, 0.4) is 0 Å². The molecule has 156 valence electrons. The first kappa shape index (κ1) is 20.6. The van der Waals surface area contributed by atoms with E-state index in [0.29, 0.717) is 17.3 Å². The summed E-state index contributed by atoms with van der Waals surface area (Å²) in [5.41, 5.74) is 3.35. The second-order valence-electron chi connectivity index (χ2n) is 7.59. The van der Waals surface area contributed by atoms with E-state index in [0.717, 1.165) is 21.3 Å². The molecule has 31 heavy (non-hydrogen) atoms. The lowest BCUT2D eigenvalue weighted by atomic mass is 10.0. The van der Waals surface area contributed by atoms with Crippen LogP contribution in [0.5, 0.6) is 0 Å². The molecule has 2 heterocycles. The van der Waals surface area contributed by atoms with Crippen molar-refractivity contribution in [1.82, 2.24) is 0 Å². The van der Waals surface area contributed by atoms with Crippen molar-refractivity contribution < 1.29 is 9.59 Å². The average Bonchev–Trinajstić information content (AvgIpc) is 3.16. The van der Waals surface area contributed by atoms with Crippen LogP contribution in [0.15, 0.2) is 77.3 Å². The van der Waals surface area contributed by atoms with Crippen LogP contribution in [-0.4, -0.2) is 17.1 Å². The standard InChI is InChI=1S/C24H18BrClN2O2S/c1-15-22(29)28(19-6-4-5-17(25)13-19)24(31-15)20-7-2-3-8-21(20)27(23(24)30)14-16-9-11-18(26)12-10-16/h2-13,15H,14H2,1H3/t15-,24+/m1/s1. The highest BCUT2D eigenvalue weighted by Gasteiger charge is 2.63. The summed E-state index contributed by atoms with van der Waals surface area (Å²) in [5, 5.41) is 0.312. The summed E-state index contributed by atoms with van der Waals surface area (Å²) in [6.07, 6.45) is 0. The molecule has 2 aliphatic heterocycles. The zero-order valence-electron chi connectivity index (χ0n) is 16.6. The first-order chi connectivity index (χ1) is 14.9. The Hall–Kier alpha value is -2.28. The number of fused-ring (bicyclic) bond motifs is 2. The molecule has 0 saturated carbocycles. The van der Waals surface area contributed by atoms with E-state index in [1.165, 1.54) is 11.8 Å². The van der Waals surface area contributed by atoms with Crippen LogP contribution >= 0.6 is 39.3 Å². The van der Waals surface area contributed by atoms with Gasteiger partial charge in [0, 0.05) is 20.7 Å². The molecule has 0 aliphatic carbocycles. The Morgan fingerprint density at radius 1 is 1.03 bits per heavy atom. The van der Waals surface area contributed by atoms with E-state index < -0.39 is 4.87 Å². The highest BCUT2D eigenvalue weighted by atomic mass is 79.9. The summed E-state index contributed by atoms with van der Waals surface area (Å²) in [4.78, 5) is 29.8. The Kier molecular flexibility index (Phi) is 5.12. The molecule has 1 saturated heterocycles. The molecule has 7 heteroatoms. The lowest BCUT2D eigenvalue weighted by molar-refractivity contribution is -0.124. The number of amides is 2. The molecule has 2 atom stereocenters. The normalized spacial score (nSPS) is 22.5. The third kappa shape index (κ3) is 3.20. The second kappa shape index (κ2) is 7.69. The molecule has 0 N–H and O–H groups in total. The second-order valence-corrected chi connectivity index (χ2v) is 10.5. The number of carbonyl (C=O) groups is 2. The number of carbonyl (C=O) groups excluding carboxylic acids is 2. The van der Waals surface area contributed by atoms with Gasteiger partial charge in [-0.15, -0.1) is 11.8 Å². The molecule has 3 aromatic rings. The summed E-state index contributed by atoms with van der Waals surface area (Å²) in [5.74, 6) is -0.175. The smallest absolute Gasteiger partial charge is 0.269 e. The molecule has 0 unspecified atom stereocenters. The molecule has 1 spiro atoms. The van der Waals surface area contributed by atoms with Crippen molar-refractivity contribution in [3.8, 4) is 0 Å². The topological polar surface area (TPSA) is 40.6 Å². The summed E-state index contributed by atoms with van der Waals surface area (Å²) >= 11 is 10.9. The maximum absolute atomic E-state index is 14.1. The first-order valence-corrected chi connectivity index (χ1v) is 11.9. The molecule has 3 aromatic carbocycles. The van der Waals surface area contributed by atoms with Crippen molar-refractivity contribution in [2.75, 3.05) is 9.80 Å². The van der Waals surface area contributed by atoms with Crippen LogP contribution in [-0.2, 0) is 21.0 Å². The van der Waals surface area contributed by atoms with Crippen LogP contribution in [0, 0.1) is 0 Å². The largest absolute Gasteiger partial charge is 0.304 e. The van der Waals surface area contributed by atoms with Crippen molar-refractivity contribution in [3.63, 3.8) is 0 Å². The van der Waals surface area contributed by atoms with E-state index in [-0.39, 0.29) is 17.1 Å². The van der Waals surface area contributed by atoms with Gasteiger partial charge in [0.1, 0.15) is 0 Å². The Labute approximate surface area is 198 Å². The zero-order chi connectivity index (χ0) is 21.8. The molecule has 0 radical (unpaired) electrons. The summed E-state index contributed by atoms with van der Waals surface area (Å²) in [6, 6.07) is 22.8. The Morgan fingerprint density at radius 2 is 1.77 bits per heavy atom. The molecular formula is C24H18BrClN2O2S. The number of nitrogens with zero attached hydrogens (tertiary/aromatic N) is 2. The fourth-order valence-corrected chi connectivity index (χ4v) is 6.33. The Balaban J connectivity index is 1.66. The van der Waals surface area contributed by atoms with E-state index in [4.69, 9.17) is 11.6 Å². The maximum Gasteiger partial charge on any atom is 0.269 e.